The minimum Gasteiger partial charge on any atom is -0.397 e. The molecule has 0 atom stereocenters. The lowest BCUT2D eigenvalue weighted by molar-refractivity contribution is 0.983. The summed E-state index contributed by atoms with van der Waals surface area (Å²) in [5.74, 6) is 3.19. The summed E-state index contributed by atoms with van der Waals surface area (Å²) in [6, 6.07) is 16.3. The van der Waals surface area contributed by atoms with E-state index in [1.165, 1.54) is 16.0 Å². The highest BCUT2D eigenvalue weighted by atomic mass is 32.2. The number of hydrogen-bond acceptors (Lipinski definition) is 6. The average Bonchev–Trinajstić information content (AvgIpc) is 2.77. The Balaban J connectivity index is 1.39. The molecule has 0 aliphatic rings. The molecular formula is C24H24N4S2. The molecule has 152 valence electrons. The van der Waals surface area contributed by atoms with E-state index in [-0.39, 0.29) is 0 Å². The van der Waals surface area contributed by atoms with E-state index in [9.17, 15) is 0 Å². The summed E-state index contributed by atoms with van der Waals surface area (Å²) in [7, 11) is 0. The summed E-state index contributed by atoms with van der Waals surface area (Å²) in [6.45, 7) is 2.14. The van der Waals surface area contributed by atoms with E-state index in [0.717, 1.165) is 45.2 Å². The van der Waals surface area contributed by atoms with Crippen molar-refractivity contribution in [3.8, 4) is 0 Å². The van der Waals surface area contributed by atoms with Gasteiger partial charge in [0.1, 0.15) is 0 Å². The smallest absolute Gasteiger partial charge is 0.0707 e. The van der Waals surface area contributed by atoms with Gasteiger partial charge in [0, 0.05) is 52.6 Å². The van der Waals surface area contributed by atoms with Gasteiger partial charge in [-0.1, -0.05) is 18.2 Å². The number of aromatic nitrogens is 3. The van der Waals surface area contributed by atoms with Crippen LogP contribution in [-0.4, -0.2) is 26.5 Å². The van der Waals surface area contributed by atoms with Crippen LogP contribution in [0, 0.1) is 6.92 Å². The van der Waals surface area contributed by atoms with Crippen LogP contribution in [0.1, 0.15) is 22.5 Å². The van der Waals surface area contributed by atoms with Gasteiger partial charge < -0.3 is 5.73 Å². The zero-order valence-electron chi connectivity index (χ0n) is 16.9. The molecule has 0 aliphatic heterocycles. The van der Waals surface area contributed by atoms with Gasteiger partial charge in [-0.3, -0.25) is 15.0 Å². The second-order valence-corrected chi connectivity index (χ2v) is 9.27. The predicted octanol–water partition coefficient (Wildman–Crippen LogP) is 5.53. The van der Waals surface area contributed by atoms with Crippen LogP contribution in [0.3, 0.4) is 0 Å². The van der Waals surface area contributed by atoms with Crippen LogP contribution in [-0.2, 0) is 12.2 Å². The normalized spacial score (nSPS) is 11.1. The monoisotopic (exact) mass is 432 g/mol. The van der Waals surface area contributed by atoms with E-state index in [2.05, 4.69) is 35.1 Å². The third-order valence-electron chi connectivity index (χ3n) is 4.93. The van der Waals surface area contributed by atoms with Crippen molar-refractivity contribution in [3.63, 3.8) is 0 Å². The topological polar surface area (TPSA) is 64.7 Å². The highest BCUT2D eigenvalue weighted by Crippen LogP contribution is 2.27. The number of benzene rings is 1. The van der Waals surface area contributed by atoms with Gasteiger partial charge >= 0.3 is 0 Å². The highest BCUT2D eigenvalue weighted by Gasteiger charge is 2.11. The van der Waals surface area contributed by atoms with Gasteiger partial charge in [0.25, 0.3) is 0 Å². The molecule has 6 heteroatoms. The van der Waals surface area contributed by atoms with E-state index >= 15 is 0 Å². The van der Waals surface area contributed by atoms with Crippen LogP contribution in [0.4, 0.5) is 5.69 Å². The largest absolute Gasteiger partial charge is 0.397 e. The SMILES string of the molecule is Cc1c(SCCSCc2ccncc2)ccnc1Cc1nc2ccccc2cc1N. The molecule has 2 N–H and O–H groups in total. The number of fused-ring (bicyclic) bond motifs is 1. The molecule has 4 nitrogen and oxygen atoms in total. The van der Waals surface area contributed by atoms with Gasteiger partial charge in [-0.05, 0) is 48.4 Å². The number of hydrogen-bond donors (Lipinski definition) is 1. The molecule has 0 bridgehead atoms. The van der Waals surface area contributed by atoms with Gasteiger partial charge in [0.15, 0.2) is 0 Å². The predicted molar refractivity (Wildman–Crippen MR) is 129 cm³/mol. The molecule has 0 radical (unpaired) electrons. The van der Waals surface area contributed by atoms with Crippen molar-refractivity contribution in [1.29, 1.82) is 0 Å². The first-order valence-electron chi connectivity index (χ1n) is 9.89. The number of thioether (sulfide) groups is 2. The standard InChI is InChI=1S/C24H24N4S2/c1-17-22(15-23-20(25)14-19-4-2-3-5-21(19)28-23)27-11-8-24(17)30-13-12-29-16-18-6-9-26-10-7-18/h2-11,14H,12-13,15-16,25H2,1H3. The molecule has 3 aromatic heterocycles. The Morgan fingerprint density at radius 2 is 1.77 bits per heavy atom. The minimum atomic E-state index is 0.647. The fraction of sp³-hybridized carbons (Fsp3) is 0.208. The number of nitrogens with two attached hydrogens (primary N) is 1. The van der Waals surface area contributed by atoms with Crippen LogP contribution in [0.2, 0.25) is 0 Å². The lowest BCUT2D eigenvalue weighted by Gasteiger charge is -2.12. The molecule has 0 saturated heterocycles. The van der Waals surface area contributed by atoms with Gasteiger partial charge in [-0.2, -0.15) is 11.8 Å². The van der Waals surface area contributed by atoms with E-state index < -0.39 is 0 Å². The quantitative estimate of drug-likeness (QED) is 0.292. The Morgan fingerprint density at radius 3 is 2.63 bits per heavy atom. The molecule has 3 heterocycles. The Hall–Kier alpha value is -2.57. The Morgan fingerprint density at radius 1 is 0.933 bits per heavy atom. The van der Waals surface area contributed by atoms with E-state index in [1.807, 2.05) is 72.4 Å². The molecule has 4 rings (SSSR count). The highest BCUT2D eigenvalue weighted by molar-refractivity contribution is 8.02. The van der Waals surface area contributed by atoms with Crippen LogP contribution < -0.4 is 5.73 Å². The maximum Gasteiger partial charge on any atom is 0.0707 e. The summed E-state index contributed by atoms with van der Waals surface area (Å²) in [5, 5.41) is 1.07. The maximum absolute atomic E-state index is 6.28. The molecule has 1 aromatic carbocycles. The van der Waals surface area contributed by atoms with Crippen molar-refractivity contribution < 1.29 is 0 Å². The molecule has 30 heavy (non-hydrogen) atoms. The zero-order valence-corrected chi connectivity index (χ0v) is 18.5. The van der Waals surface area contributed by atoms with Gasteiger partial charge in [0.2, 0.25) is 0 Å². The first kappa shape index (κ1) is 20.7. The lowest BCUT2D eigenvalue weighted by atomic mass is 10.1. The van der Waals surface area contributed by atoms with Crippen molar-refractivity contribution in [2.75, 3.05) is 17.2 Å². The third-order valence-corrected chi connectivity index (χ3v) is 7.38. The molecule has 0 amide bonds. The van der Waals surface area contributed by atoms with Crippen molar-refractivity contribution >= 4 is 40.1 Å². The van der Waals surface area contributed by atoms with Crippen LogP contribution in [0.15, 0.2) is 72.0 Å². The first-order valence-corrected chi connectivity index (χ1v) is 12.0. The van der Waals surface area contributed by atoms with E-state index in [1.54, 1.807) is 0 Å². The van der Waals surface area contributed by atoms with Crippen molar-refractivity contribution in [1.82, 2.24) is 15.0 Å². The molecular weight excluding hydrogens is 408 g/mol. The lowest BCUT2D eigenvalue weighted by Crippen LogP contribution is -2.03. The number of nitrogens with zero attached hydrogens (tertiary/aromatic N) is 3. The summed E-state index contributed by atoms with van der Waals surface area (Å²) in [6.07, 6.45) is 6.24. The van der Waals surface area contributed by atoms with Crippen LogP contribution >= 0.6 is 23.5 Å². The molecule has 0 fully saturated rings. The van der Waals surface area contributed by atoms with Gasteiger partial charge in [-0.15, -0.1) is 11.8 Å². The zero-order chi connectivity index (χ0) is 20.8. The second-order valence-electron chi connectivity index (χ2n) is 7.03. The molecule has 4 aromatic rings. The fourth-order valence-corrected chi connectivity index (χ4v) is 5.33. The Kier molecular flexibility index (Phi) is 6.87. The maximum atomic E-state index is 6.28. The summed E-state index contributed by atoms with van der Waals surface area (Å²) >= 11 is 3.84. The molecule has 0 saturated carbocycles. The summed E-state index contributed by atoms with van der Waals surface area (Å²) < 4.78 is 0. The van der Waals surface area contributed by atoms with E-state index in [4.69, 9.17) is 10.7 Å². The minimum absolute atomic E-state index is 0.647. The van der Waals surface area contributed by atoms with Crippen LogP contribution in [0.25, 0.3) is 10.9 Å². The number of anilines is 1. The number of nitrogen functional groups attached to an aromatic ring is 1. The van der Waals surface area contributed by atoms with Crippen molar-refractivity contribution in [2.24, 2.45) is 0 Å². The number of pyridine rings is 3. The second kappa shape index (κ2) is 9.96. The van der Waals surface area contributed by atoms with Crippen molar-refractivity contribution in [3.05, 3.63) is 89.6 Å². The fourth-order valence-electron chi connectivity index (χ4n) is 3.25. The number of rotatable bonds is 8. The molecule has 0 unspecified atom stereocenters. The average molecular weight is 433 g/mol. The third kappa shape index (κ3) is 5.12. The Bertz CT molecular complexity index is 1130. The Labute approximate surface area is 185 Å². The summed E-state index contributed by atoms with van der Waals surface area (Å²) in [5.41, 5.74) is 12.4. The van der Waals surface area contributed by atoms with Gasteiger partial charge in [0.05, 0.1) is 22.6 Å². The molecule has 0 aliphatic carbocycles. The first-order chi connectivity index (χ1) is 14.7. The molecule has 0 spiro atoms. The number of para-hydroxylation sites is 1. The van der Waals surface area contributed by atoms with E-state index in [0.29, 0.717) is 6.42 Å². The van der Waals surface area contributed by atoms with Crippen LogP contribution in [0.5, 0.6) is 0 Å². The summed E-state index contributed by atoms with van der Waals surface area (Å²) in [4.78, 5) is 14.7. The van der Waals surface area contributed by atoms with Gasteiger partial charge in [-0.25, -0.2) is 0 Å². The van der Waals surface area contributed by atoms with Crippen molar-refractivity contribution in [2.45, 2.75) is 24.0 Å².